The van der Waals surface area contributed by atoms with Crippen molar-refractivity contribution in [3.8, 4) is 5.75 Å². The fourth-order valence-electron chi connectivity index (χ4n) is 4.36. The van der Waals surface area contributed by atoms with E-state index in [-0.39, 0.29) is 53.0 Å². The molecule has 1 aliphatic heterocycles. The summed E-state index contributed by atoms with van der Waals surface area (Å²) in [5, 5.41) is 19.8. The number of H-pyrrole nitrogens is 1. The first kappa shape index (κ1) is 25.7. The minimum atomic E-state index is -4.94. The molecule has 202 valence electrons. The van der Waals surface area contributed by atoms with Crippen LogP contribution in [0.3, 0.4) is 0 Å². The highest BCUT2D eigenvalue weighted by Crippen LogP contribution is 2.49. The molecule has 0 radical (unpaired) electrons. The zero-order valence-corrected chi connectivity index (χ0v) is 19.6. The molecule has 1 saturated carbocycles. The number of tetrazole rings is 1. The van der Waals surface area contributed by atoms with Crippen molar-refractivity contribution in [3.05, 3.63) is 53.6 Å². The van der Waals surface area contributed by atoms with Crippen LogP contribution < -0.4 is 10.1 Å². The summed E-state index contributed by atoms with van der Waals surface area (Å²) in [6.45, 7) is -0.259. The second-order valence-electron chi connectivity index (χ2n) is 9.13. The van der Waals surface area contributed by atoms with Crippen LogP contribution in [0.1, 0.15) is 55.2 Å². The van der Waals surface area contributed by atoms with E-state index in [1.54, 1.807) is 16.9 Å². The van der Waals surface area contributed by atoms with Gasteiger partial charge in [0.1, 0.15) is 5.75 Å². The van der Waals surface area contributed by atoms with Crippen molar-refractivity contribution in [2.45, 2.75) is 56.0 Å². The molecule has 2 N–H and O–H groups in total. The predicted octanol–water partition coefficient (Wildman–Crippen LogP) is 4.34. The third kappa shape index (κ3) is 5.09. The average Bonchev–Trinajstić information content (AvgIpc) is 3.34. The van der Waals surface area contributed by atoms with Crippen LogP contribution in [0.2, 0.25) is 0 Å². The van der Waals surface area contributed by atoms with Gasteiger partial charge >= 0.3 is 12.4 Å². The van der Waals surface area contributed by atoms with Gasteiger partial charge < -0.3 is 10.1 Å². The SMILES string of the molecule is O=C1NC(c2ccc(OCCCC(F)(F)F)cc2)(C(F)(F)F)CC(c2ccn(C3CC3)n2)=C1c1nn[nH]n1. The van der Waals surface area contributed by atoms with Crippen molar-refractivity contribution in [1.82, 2.24) is 35.7 Å². The number of hydrogen-bond acceptors (Lipinski definition) is 6. The van der Waals surface area contributed by atoms with Gasteiger partial charge in [-0.3, -0.25) is 9.48 Å². The highest BCUT2D eigenvalue weighted by atomic mass is 19.4. The van der Waals surface area contributed by atoms with E-state index in [2.05, 4.69) is 31.0 Å². The van der Waals surface area contributed by atoms with E-state index < -0.39 is 36.6 Å². The van der Waals surface area contributed by atoms with Crippen molar-refractivity contribution >= 4 is 17.1 Å². The van der Waals surface area contributed by atoms with Gasteiger partial charge in [0.2, 0.25) is 5.82 Å². The first-order valence-corrected chi connectivity index (χ1v) is 11.7. The smallest absolute Gasteiger partial charge is 0.416 e. The van der Waals surface area contributed by atoms with E-state index in [4.69, 9.17) is 4.74 Å². The Labute approximate surface area is 211 Å². The molecule has 0 bridgehead atoms. The standard InChI is InChI=1S/C23H21F6N7O2/c24-22(25,26)9-1-11-38-15-6-2-13(3-7-15)21(23(27,28)29)12-16(17-8-10-36(33-17)14-4-5-14)18(20(37)30-21)19-31-34-35-32-19/h2-3,6-8,10,14H,1,4-5,9,11-12H2,(H,30,37)(H,31,32,34,35). The van der Waals surface area contributed by atoms with Crippen LogP contribution in [0.25, 0.3) is 11.1 Å². The zero-order valence-electron chi connectivity index (χ0n) is 19.6. The molecule has 1 aromatic carbocycles. The zero-order chi connectivity index (χ0) is 27.1. The maximum absolute atomic E-state index is 14.8. The molecule has 1 unspecified atom stereocenters. The lowest BCUT2D eigenvalue weighted by Gasteiger charge is -2.40. The largest absolute Gasteiger partial charge is 0.494 e. The summed E-state index contributed by atoms with van der Waals surface area (Å²) in [5.74, 6) is -1.13. The van der Waals surface area contributed by atoms with Crippen LogP contribution in [0.15, 0.2) is 36.5 Å². The molecule has 3 aromatic rings. The molecular formula is C23H21F6N7O2. The highest BCUT2D eigenvalue weighted by molar-refractivity contribution is 6.27. The number of aromatic nitrogens is 6. The number of nitrogens with zero attached hydrogens (tertiary/aromatic N) is 5. The fourth-order valence-corrected chi connectivity index (χ4v) is 4.36. The lowest BCUT2D eigenvalue weighted by molar-refractivity contribution is -0.201. The van der Waals surface area contributed by atoms with Crippen molar-refractivity contribution in [2.75, 3.05) is 6.61 Å². The number of carbonyl (C=O) groups excluding carboxylic acids is 1. The van der Waals surface area contributed by atoms with Gasteiger partial charge in [0.15, 0.2) is 5.54 Å². The van der Waals surface area contributed by atoms with Crippen LogP contribution in [0.4, 0.5) is 26.3 Å². The van der Waals surface area contributed by atoms with E-state index in [1.807, 2.05) is 0 Å². The first-order valence-electron chi connectivity index (χ1n) is 11.7. The van der Waals surface area contributed by atoms with Gasteiger partial charge in [0, 0.05) is 19.0 Å². The lowest BCUT2D eigenvalue weighted by Crippen LogP contribution is -2.58. The average molecular weight is 541 g/mol. The summed E-state index contributed by atoms with van der Waals surface area (Å²) in [7, 11) is 0. The third-order valence-electron chi connectivity index (χ3n) is 6.41. The first-order chi connectivity index (χ1) is 18.0. The molecule has 9 nitrogen and oxygen atoms in total. The summed E-state index contributed by atoms with van der Waals surface area (Å²) in [5.41, 5.74) is -3.11. The molecule has 1 amide bonds. The minimum Gasteiger partial charge on any atom is -0.494 e. The number of hydrogen-bond donors (Lipinski definition) is 2. The summed E-state index contributed by atoms with van der Waals surface area (Å²) >= 11 is 0. The lowest BCUT2D eigenvalue weighted by atomic mass is 9.77. The van der Waals surface area contributed by atoms with E-state index >= 15 is 0 Å². The quantitative estimate of drug-likeness (QED) is 0.324. The van der Waals surface area contributed by atoms with Gasteiger partial charge in [-0.2, -0.15) is 36.7 Å². The molecule has 1 fully saturated rings. The van der Waals surface area contributed by atoms with Crippen molar-refractivity contribution in [2.24, 2.45) is 0 Å². The monoisotopic (exact) mass is 541 g/mol. The number of carbonyl (C=O) groups is 1. The van der Waals surface area contributed by atoms with Gasteiger partial charge in [0.05, 0.1) is 23.9 Å². The molecule has 3 heterocycles. The van der Waals surface area contributed by atoms with Gasteiger partial charge in [-0.05, 0) is 53.8 Å². The van der Waals surface area contributed by atoms with Crippen LogP contribution in [0.5, 0.6) is 5.75 Å². The second-order valence-corrected chi connectivity index (χ2v) is 9.13. The molecule has 5 rings (SSSR count). The molecule has 1 atom stereocenters. The number of nitrogens with one attached hydrogen (secondary N) is 2. The molecule has 15 heteroatoms. The van der Waals surface area contributed by atoms with Gasteiger partial charge in [-0.25, -0.2) is 0 Å². The minimum absolute atomic E-state index is 0.000600. The van der Waals surface area contributed by atoms with Gasteiger partial charge in [0.25, 0.3) is 5.91 Å². The topological polar surface area (TPSA) is 111 Å². The number of aromatic amines is 1. The number of rotatable bonds is 8. The summed E-state index contributed by atoms with van der Waals surface area (Å²) in [6.07, 6.45) is -7.86. The van der Waals surface area contributed by atoms with Crippen LogP contribution in [0, 0.1) is 0 Å². The number of amides is 1. The Morgan fingerprint density at radius 3 is 2.42 bits per heavy atom. The van der Waals surface area contributed by atoms with Gasteiger partial charge in [-0.15, -0.1) is 10.2 Å². The summed E-state index contributed by atoms with van der Waals surface area (Å²) in [6, 6.07) is 6.42. The molecule has 2 aliphatic rings. The molecular weight excluding hydrogens is 520 g/mol. The van der Waals surface area contributed by atoms with Crippen molar-refractivity contribution < 1.29 is 35.9 Å². The molecule has 2 aromatic heterocycles. The number of alkyl halides is 6. The van der Waals surface area contributed by atoms with E-state index in [0.717, 1.165) is 25.0 Å². The van der Waals surface area contributed by atoms with E-state index in [9.17, 15) is 31.1 Å². The fraction of sp³-hybridized carbons (Fsp3) is 0.435. The maximum Gasteiger partial charge on any atom is 0.416 e. The Bertz CT molecular complexity index is 1330. The Balaban J connectivity index is 1.49. The Morgan fingerprint density at radius 2 is 1.82 bits per heavy atom. The molecule has 0 saturated heterocycles. The predicted molar refractivity (Wildman–Crippen MR) is 119 cm³/mol. The van der Waals surface area contributed by atoms with Crippen LogP contribution >= 0.6 is 0 Å². The van der Waals surface area contributed by atoms with Crippen LogP contribution in [-0.2, 0) is 10.3 Å². The van der Waals surface area contributed by atoms with Crippen molar-refractivity contribution in [3.63, 3.8) is 0 Å². The van der Waals surface area contributed by atoms with Gasteiger partial charge in [-0.1, -0.05) is 12.1 Å². The number of halogens is 6. The third-order valence-corrected chi connectivity index (χ3v) is 6.41. The highest BCUT2D eigenvalue weighted by Gasteiger charge is 2.60. The van der Waals surface area contributed by atoms with Crippen molar-refractivity contribution in [1.29, 1.82) is 0 Å². The van der Waals surface area contributed by atoms with E-state index in [0.29, 0.717) is 0 Å². The molecule has 38 heavy (non-hydrogen) atoms. The summed E-state index contributed by atoms with van der Waals surface area (Å²) < 4.78 is 88.2. The van der Waals surface area contributed by atoms with E-state index in [1.165, 1.54) is 12.1 Å². The second kappa shape index (κ2) is 9.44. The summed E-state index contributed by atoms with van der Waals surface area (Å²) in [4.78, 5) is 13.2. The maximum atomic E-state index is 14.8. The Hall–Kier alpha value is -3.91. The normalized spacial score (nSPS) is 20.5. The number of benzene rings is 1. The molecule has 1 aliphatic carbocycles. The number of ether oxygens (including phenoxy) is 1. The Kier molecular flexibility index (Phi) is 6.39. The molecule has 0 spiro atoms. The van der Waals surface area contributed by atoms with Crippen LogP contribution in [-0.4, -0.2) is 55.3 Å². The Morgan fingerprint density at radius 1 is 1.08 bits per heavy atom.